The molecule has 0 aromatic heterocycles. The SMILES string of the molecule is CCC1CCCC(OCc2ccc(C(=O)O)cc2Br)C1. The van der Waals surface area contributed by atoms with Crippen LogP contribution in [-0.2, 0) is 11.3 Å². The minimum Gasteiger partial charge on any atom is -0.478 e. The third kappa shape index (κ3) is 4.06. The summed E-state index contributed by atoms with van der Waals surface area (Å²) in [6, 6.07) is 5.09. The second-order valence-electron chi connectivity index (χ2n) is 5.49. The number of carboxylic acid groups (broad SMARTS) is 1. The maximum absolute atomic E-state index is 10.9. The molecular formula is C16H21BrO3. The molecule has 1 N–H and O–H groups in total. The molecule has 20 heavy (non-hydrogen) atoms. The van der Waals surface area contributed by atoms with Gasteiger partial charge in [0.15, 0.2) is 0 Å². The Hall–Kier alpha value is -0.870. The molecular weight excluding hydrogens is 320 g/mol. The Bertz CT molecular complexity index is 473. The molecule has 0 saturated heterocycles. The first-order valence-corrected chi connectivity index (χ1v) is 8.02. The molecule has 0 heterocycles. The summed E-state index contributed by atoms with van der Waals surface area (Å²) in [4.78, 5) is 10.9. The lowest BCUT2D eigenvalue weighted by Crippen LogP contribution is -2.22. The van der Waals surface area contributed by atoms with Gasteiger partial charge in [-0.2, -0.15) is 0 Å². The Morgan fingerprint density at radius 2 is 2.25 bits per heavy atom. The average Bonchev–Trinajstić information content (AvgIpc) is 2.46. The third-order valence-corrected chi connectivity index (χ3v) is 4.82. The van der Waals surface area contributed by atoms with Crippen molar-refractivity contribution < 1.29 is 14.6 Å². The van der Waals surface area contributed by atoms with Crippen LogP contribution in [0.5, 0.6) is 0 Å². The van der Waals surface area contributed by atoms with Crippen molar-refractivity contribution in [3.8, 4) is 0 Å². The summed E-state index contributed by atoms with van der Waals surface area (Å²) in [5.74, 6) is -0.109. The maximum atomic E-state index is 10.9. The molecule has 2 rings (SSSR count). The summed E-state index contributed by atoms with van der Waals surface area (Å²) in [6.45, 7) is 2.79. The molecule has 1 saturated carbocycles. The second-order valence-corrected chi connectivity index (χ2v) is 6.34. The second kappa shape index (κ2) is 7.23. The molecule has 2 unspecified atom stereocenters. The Kier molecular flexibility index (Phi) is 5.61. The van der Waals surface area contributed by atoms with E-state index in [2.05, 4.69) is 22.9 Å². The molecule has 3 nitrogen and oxygen atoms in total. The van der Waals surface area contributed by atoms with Gasteiger partial charge in [-0.3, -0.25) is 0 Å². The number of benzene rings is 1. The van der Waals surface area contributed by atoms with Crippen LogP contribution in [0.25, 0.3) is 0 Å². The van der Waals surface area contributed by atoms with Gasteiger partial charge in [-0.05, 0) is 36.5 Å². The molecule has 0 amide bonds. The summed E-state index contributed by atoms with van der Waals surface area (Å²) in [5.41, 5.74) is 1.30. The standard InChI is InChI=1S/C16H21BrO3/c1-2-11-4-3-5-14(8-11)20-10-13-7-6-12(16(18)19)9-15(13)17/h6-7,9,11,14H,2-5,8,10H2,1H3,(H,18,19). The molecule has 110 valence electrons. The lowest BCUT2D eigenvalue weighted by molar-refractivity contribution is 0.00152. The van der Waals surface area contributed by atoms with Gasteiger partial charge in [0, 0.05) is 4.47 Å². The number of aromatic carboxylic acids is 1. The largest absolute Gasteiger partial charge is 0.478 e. The van der Waals surface area contributed by atoms with Crippen LogP contribution in [0.15, 0.2) is 22.7 Å². The van der Waals surface area contributed by atoms with Gasteiger partial charge in [0.2, 0.25) is 0 Å². The van der Waals surface area contributed by atoms with E-state index < -0.39 is 5.97 Å². The fourth-order valence-electron chi connectivity index (χ4n) is 2.77. The Balaban J connectivity index is 1.92. The third-order valence-electron chi connectivity index (χ3n) is 4.09. The highest BCUT2D eigenvalue weighted by molar-refractivity contribution is 9.10. The average molecular weight is 341 g/mol. The molecule has 1 aromatic rings. The van der Waals surface area contributed by atoms with E-state index in [1.165, 1.54) is 19.3 Å². The number of halogens is 1. The van der Waals surface area contributed by atoms with Crippen molar-refractivity contribution in [2.24, 2.45) is 5.92 Å². The van der Waals surface area contributed by atoms with Crippen molar-refractivity contribution in [1.29, 1.82) is 0 Å². The summed E-state index contributed by atoms with van der Waals surface area (Å²) in [6.07, 6.45) is 6.45. The molecule has 1 aliphatic rings. The Morgan fingerprint density at radius 1 is 1.45 bits per heavy atom. The quantitative estimate of drug-likeness (QED) is 0.849. The summed E-state index contributed by atoms with van der Waals surface area (Å²) < 4.78 is 6.81. The van der Waals surface area contributed by atoms with Crippen LogP contribution < -0.4 is 0 Å². The normalized spacial score (nSPS) is 22.7. The number of carbonyl (C=O) groups is 1. The summed E-state index contributed by atoms with van der Waals surface area (Å²) >= 11 is 3.42. The number of carboxylic acids is 1. The van der Waals surface area contributed by atoms with Crippen LogP contribution >= 0.6 is 15.9 Å². The van der Waals surface area contributed by atoms with Gasteiger partial charge >= 0.3 is 5.97 Å². The number of ether oxygens (including phenoxy) is 1. The number of hydrogen-bond donors (Lipinski definition) is 1. The first kappa shape index (κ1) is 15.5. The monoisotopic (exact) mass is 340 g/mol. The zero-order chi connectivity index (χ0) is 14.5. The fraction of sp³-hybridized carbons (Fsp3) is 0.562. The predicted octanol–water partition coefficient (Wildman–Crippen LogP) is 4.63. The first-order chi connectivity index (χ1) is 9.60. The summed E-state index contributed by atoms with van der Waals surface area (Å²) in [7, 11) is 0. The van der Waals surface area contributed by atoms with E-state index in [9.17, 15) is 4.79 Å². The topological polar surface area (TPSA) is 46.5 Å². The van der Waals surface area contributed by atoms with Crippen molar-refractivity contribution in [2.75, 3.05) is 0 Å². The number of hydrogen-bond acceptors (Lipinski definition) is 2. The molecule has 0 aliphatic heterocycles. The van der Waals surface area contributed by atoms with Gasteiger partial charge in [-0.1, -0.05) is 48.2 Å². The van der Waals surface area contributed by atoms with Crippen LogP contribution in [0, 0.1) is 5.92 Å². The van der Waals surface area contributed by atoms with E-state index in [0.29, 0.717) is 18.3 Å². The molecule has 2 atom stereocenters. The van der Waals surface area contributed by atoms with Gasteiger partial charge in [-0.25, -0.2) is 4.79 Å². The molecule has 1 fully saturated rings. The molecule has 1 aromatic carbocycles. The van der Waals surface area contributed by atoms with Gasteiger partial charge in [0.1, 0.15) is 0 Å². The fourth-order valence-corrected chi connectivity index (χ4v) is 3.26. The van der Waals surface area contributed by atoms with Gasteiger partial charge in [0.25, 0.3) is 0 Å². The maximum Gasteiger partial charge on any atom is 0.335 e. The highest BCUT2D eigenvalue weighted by atomic mass is 79.9. The highest BCUT2D eigenvalue weighted by Crippen LogP contribution is 2.29. The van der Waals surface area contributed by atoms with Crippen molar-refractivity contribution in [1.82, 2.24) is 0 Å². The minimum absolute atomic E-state index is 0.296. The van der Waals surface area contributed by atoms with Crippen molar-refractivity contribution >= 4 is 21.9 Å². The molecule has 4 heteroatoms. The van der Waals surface area contributed by atoms with E-state index in [1.807, 2.05) is 6.07 Å². The predicted molar refractivity (Wildman–Crippen MR) is 81.9 cm³/mol. The zero-order valence-electron chi connectivity index (χ0n) is 11.8. The molecule has 0 radical (unpaired) electrons. The van der Waals surface area contributed by atoms with E-state index in [4.69, 9.17) is 9.84 Å². The molecule has 0 bridgehead atoms. The zero-order valence-corrected chi connectivity index (χ0v) is 13.4. The van der Waals surface area contributed by atoms with E-state index in [-0.39, 0.29) is 0 Å². The van der Waals surface area contributed by atoms with Crippen LogP contribution in [0.1, 0.15) is 54.9 Å². The van der Waals surface area contributed by atoms with Crippen LogP contribution in [0.2, 0.25) is 0 Å². The molecule has 1 aliphatic carbocycles. The van der Waals surface area contributed by atoms with E-state index in [0.717, 1.165) is 28.8 Å². The highest BCUT2D eigenvalue weighted by Gasteiger charge is 2.21. The Morgan fingerprint density at radius 3 is 2.90 bits per heavy atom. The Labute approximate surface area is 128 Å². The number of rotatable bonds is 5. The first-order valence-electron chi connectivity index (χ1n) is 7.23. The smallest absolute Gasteiger partial charge is 0.335 e. The lowest BCUT2D eigenvalue weighted by atomic mass is 9.85. The van der Waals surface area contributed by atoms with Crippen LogP contribution in [0.3, 0.4) is 0 Å². The van der Waals surface area contributed by atoms with Crippen molar-refractivity contribution in [2.45, 2.75) is 51.7 Å². The minimum atomic E-state index is -0.906. The van der Waals surface area contributed by atoms with Gasteiger partial charge in [-0.15, -0.1) is 0 Å². The van der Waals surface area contributed by atoms with E-state index in [1.54, 1.807) is 12.1 Å². The van der Waals surface area contributed by atoms with Gasteiger partial charge in [0.05, 0.1) is 18.3 Å². The van der Waals surface area contributed by atoms with Crippen molar-refractivity contribution in [3.05, 3.63) is 33.8 Å². The van der Waals surface area contributed by atoms with Gasteiger partial charge < -0.3 is 9.84 Å². The van der Waals surface area contributed by atoms with Crippen molar-refractivity contribution in [3.63, 3.8) is 0 Å². The summed E-state index contributed by atoms with van der Waals surface area (Å²) in [5, 5.41) is 8.94. The van der Waals surface area contributed by atoms with E-state index >= 15 is 0 Å². The van der Waals surface area contributed by atoms with Crippen LogP contribution in [0.4, 0.5) is 0 Å². The molecule has 0 spiro atoms. The van der Waals surface area contributed by atoms with Crippen LogP contribution in [-0.4, -0.2) is 17.2 Å². The lowest BCUT2D eigenvalue weighted by Gasteiger charge is -2.28.